The fourth-order valence-electron chi connectivity index (χ4n) is 2.40. The fourth-order valence-corrected chi connectivity index (χ4v) is 2.59. The van der Waals surface area contributed by atoms with Gasteiger partial charge in [-0.2, -0.15) is 0 Å². The quantitative estimate of drug-likeness (QED) is 0.559. The summed E-state index contributed by atoms with van der Waals surface area (Å²) < 4.78 is 5.69. The van der Waals surface area contributed by atoms with Crippen LogP contribution in [0.25, 0.3) is 0 Å². The molecule has 0 spiro atoms. The Hall–Kier alpha value is -2.93. The first-order valence-electron chi connectivity index (χ1n) is 8.06. The van der Waals surface area contributed by atoms with E-state index in [0.29, 0.717) is 10.6 Å². The monoisotopic (exact) mass is 368 g/mol. The first-order chi connectivity index (χ1) is 12.5. The molecule has 6 nitrogen and oxygen atoms in total. The summed E-state index contributed by atoms with van der Waals surface area (Å²) >= 11 is 4.31. The van der Waals surface area contributed by atoms with Gasteiger partial charge < -0.3 is 20.3 Å². The van der Waals surface area contributed by atoms with E-state index in [0.717, 1.165) is 17.1 Å². The third-order valence-corrected chi connectivity index (χ3v) is 4.00. The number of carbonyl (C=O) groups is 1. The maximum atomic E-state index is 12.3. The summed E-state index contributed by atoms with van der Waals surface area (Å²) in [5.74, 6) is 0.552. The molecule has 0 fully saturated rings. The Morgan fingerprint density at radius 1 is 1.38 bits per heavy atom. The second-order valence-electron chi connectivity index (χ2n) is 5.89. The van der Waals surface area contributed by atoms with Crippen LogP contribution in [0.4, 0.5) is 11.4 Å². The van der Waals surface area contributed by atoms with Gasteiger partial charge >= 0.3 is 0 Å². The maximum Gasteiger partial charge on any atom is 0.256 e. The molecule has 0 aliphatic carbocycles. The Bertz CT molecular complexity index is 839. The van der Waals surface area contributed by atoms with Crippen LogP contribution in [0.3, 0.4) is 0 Å². The van der Waals surface area contributed by atoms with E-state index >= 15 is 0 Å². The van der Waals surface area contributed by atoms with Crippen molar-refractivity contribution in [2.24, 2.45) is 0 Å². The summed E-state index contributed by atoms with van der Waals surface area (Å²) in [6.07, 6.45) is 8.41. The molecule has 1 aliphatic heterocycles. The molecule has 0 saturated heterocycles. The van der Waals surface area contributed by atoms with Crippen molar-refractivity contribution < 1.29 is 9.53 Å². The number of thiol groups is 1. The van der Waals surface area contributed by atoms with Crippen LogP contribution in [-0.4, -0.2) is 31.2 Å². The van der Waals surface area contributed by atoms with Gasteiger partial charge in [0.25, 0.3) is 5.91 Å². The Morgan fingerprint density at radius 3 is 3.00 bits per heavy atom. The van der Waals surface area contributed by atoms with Crippen LogP contribution < -0.4 is 20.3 Å². The van der Waals surface area contributed by atoms with Gasteiger partial charge in [-0.25, -0.2) is 0 Å². The highest BCUT2D eigenvalue weighted by molar-refractivity contribution is 7.84. The number of hydrogen-bond acceptors (Lipinski definition) is 6. The van der Waals surface area contributed by atoms with Gasteiger partial charge in [-0.15, -0.1) is 12.6 Å². The first kappa shape index (κ1) is 17.9. The van der Waals surface area contributed by atoms with Crippen molar-refractivity contribution in [2.75, 3.05) is 24.3 Å². The predicted molar refractivity (Wildman–Crippen MR) is 107 cm³/mol. The molecule has 3 rings (SSSR count). The second kappa shape index (κ2) is 7.97. The van der Waals surface area contributed by atoms with Crippen molar-refractivity contribution in [1.82, 2.24) is 10.3 Å². The average molecular weight is 368 g/mol. The van der Waals surface area contributed by atoms with Gasteiger partial charge in [-0.3, -0.25) is 9.78 Å². The average Bonchev–Trinajstić information content (AvgIpc) is 3.04. The molecule has 1 unspecified atom stereocenters. The van der Waals surface area contributed by atoms with Crippen LogP contribution in [-0.2, 0) is 0 Å². The zero-order chi connectivity index (χ0) is 18.5. The summed E-state index contributed by atoms with van der Waals surface area (Å²) in [6, 6.07) is 9.19. The van der Waals surface area contributed by atoms with E-state index in [9.17, 15) is 4.79 Å². The van der Waals surface area contributed by atoms with Gasteiger partial charge in [0.05, 0.1) is 16.9 Å². The summed E-state index contributed by atoms with van der Waals surface area (Å²) in [4.78, 5) is 18.3. The Balaban J connectivity index is 1.57. The van der Waals surface area contributed by atoms with Crippen molar-refractivity contribution in [1.29, 1.82) is 0 Å². The molecule has 1 amide bonds. The number of benzene rings is 1. The topological polar surface area (TPSA) is 66.5 Å². The number of rotatable bonds is 5. The van der Waals surface area contributed by atoms with Crippen molar-refractivity contribution in [2.45, 2.75) is 6.23 Å². The lowest BCUT2D eigenvalue weighted by atomic mass is 10.2. The largest absolute Gasteiger partial charge is 0.465 e. The smallest absolute Gasteiger partial charge is 0.256 e. The van der Waals surface area contributed by atoms with E-state index in [2.05, 4.69) is 28.2 Å². The standard InChI is InChI=1S/C19H20N4O2S/c1-23(2)14-6-3-5-13(11-14)19(24)22-18(26)8-4-7-17-21-15-12-20-10-9-16(15)25-17/h3-12,17,21,26H,1-2H3,(H,22,24)/b7-4+,18-8-. The van der Waals surface area contributed by atoms with E-state index in [-0.39, 0.29) is 12.1 Å². The van der Waals surface area contributed by atoms with Gasteiger partial charge in [-0.05, 0) is 30.4 Å². The van der Waals surface area contributed by atoms with Crippen LogP contribution >= 0.6 is 12.6 Å². The van der Waals surface area contributed by atoms with Gasteiger partial charge in [0, 0.05) is 37.6 Å². The third kappa shape index (κ3) is 4.37. The number of nitrogens with zero attached hydrogens (tertiary/aromatic N) is 2. The second-order valence-corrected chi connectivity index (χ2v) is 6.37. The van der Waals surface area contributed by atoms with Gasteiger partial charge in [-0.1, -0.05) is 12.1 Å². The summed E-state index contributed by atoms with van der Waals surface area (Å²) in [7, 11) is 3.86. The summed E-state index contributed by atoms with van der Waals surface area (Å²) in [5, 5.41) is 6.37. The molecular formula is C19H20N4O2S. The fraction of sp³-hybridized carbons (Fsp3) is 0.158. The maximum absolute atomic E-state index is 12.3. The third-order valence-electron chi connectivity index (χ3n) is 3.74. The number of allylic oxidation sites excluding steroid dienone is 2. The number of hydrogen-bond donors (Lipinski definition) is 3. The van der Waals surface area contributed by atoms with Crippen molar-refractivity contribution in [3.05, 3.63) is 71.5 Å². The molecule has 0 radical (unpaired) electrons. The number of anilines is 2. The molecule has 7 heteroatoms. The number of aromatic nitrogens is 1. The van der Waals surface area contributed by atoms with Crippen molar-refractivity contribution in [3.63, 3.8) is 0 Å². The normalized spacial score (nSPS) is 16.0. The lowest BCUT2D eigenvalue weighted by molar-refractivity contribution is 0.0969. The lowest BCUT2D eigenvalue weighted by Gasteiger charge is -2.13. The Kier molecular flexibility index (Phi) is 5.48. The molecular weight excluding hydrogens is 348 g/mol. The first-order valence-corrected chi connectivity index (χ1v) is 8.51. The van der Waals surface area contributed by atoms with Gasteiger partial charge in [0.1, 0.15) is 5.75 Å². The molecule has 2 N–H and O–H groups in total. The molecule has 1 aromatic carbocycles. The van der Waals surface area contributed by atoms with Gasteiger partial charge in [0.2, 0.25) is 0 Å². The number of carbonyl (C=O) groups excluding carboxylic acids is 1. The zero-order valence-corrected chi connectivity index (χ0v) is 15.4. The molecule has 1 aromatic heterocycles. The van der Waals surface area contributed by atoms with Crippen molar-refractivity contribution in [3.8, 4) is 5.75 Å². The van der Waals surface area contributed by atoms with Crippen LogP contribution in [0.15, 0.2) is 66.0 Å². The minimum atomic E-state index is -0.279. The molecule has 2 heterocycles. The van der Waals surface area contributed by atoms with E-state index in [1.165, 1.54) is 0 Å². The van der Waals surface area contributed by atoms with Gasteiger partial charge in [0.15, 0.2) is 6.23 Å². The summed E-state index contributed by atoms with van der Waals surface area (Å²) in [6.45, 7) is 0. The highest BCUT2D eigenvalue weighted by Crippen LogP contribution is 2.30. The van der Waals surface area contributed by atoms with E-state index in [4.69, 9.17) is 4.74 Å². The van der Waals surface area contributed by atoms with Crippen LogP contribution in [0, 0.1) is 0 Å². The number of amides is 1. The molecule has 134 valence electrons. The number of ether oxygens (including phenoxy) is 1. The number of nitrogens with one attached hydrogen (secondary N) is 2. The number of pyridine rings is 1. The molecule has 26 heavy (non-hydrogen) atoms. The zero-order valence-electron chi connectivity index (χ0n) is 14.5. The molecule has 1 aliphatic rings. The Labute approximate surface area is 158 Å². The lowest BCUT2D eigenvalue weighted by Crippen LogP contribution is -2.21. The molecule has 0 saturated carbocycles. The van der Waals surface area contributed by atoms with Crippen molar-refractivity contribution >= 4 is 29.9 Å². The molecule has 0 bridgehead atoms. The minimum absolute atomic E-state index is 0.211. The highest BCUT2D eigenvalue weighted by atomic mass is 32.1. The van der Waals surface area contributed by atoms with Crippen LogP contribution in [0.1, 0.15) is 10.4 Å². The SMILES string of the molecule is CN(C)c1cccc(C(=O)N/C(S)=C/C=C/C2Nc3cnccc3O2)c1. The Morgan fingerprint density at radius 2 is 2.23 bits per heavy atom. The number of fused-ring (bicyclic) bond motifs is 1. The highest BCUT2D eigenvalue weighted by Gasteiger charge is 2.18. The summed E-state index contributed by atoms with van der Waals surface area (Å²) in [5.41, 5.74) is 2.39. The van der Waals surface area contributed by atoms with Crippen LogP contribution in [0.2, 0.25) is 0 Å². The molecule has 2 aromatic rings. The van der Waals surface area contributed by atoms with E-state index in [1.54, 1.807) is 36.7 Å². The van der Waals surface area contributed by atoms with E-state index in [1.807, 2.05) is 43.3 Å². The predicted octanol–water partition coefficient (Wildman–Crippen LogP) is 3.04. The molecule has 1 atom stereocenters. The van der Waals surface area contributed by atoms with Crippen LogP contribution in [0.5, 0.6) is 5.75 Å². The minimum Gasteiger partial charge on any atom is -0.465 e. The van der Waals surface area contributed by atoms with E-state index < -0.39 is 0 Å².